The molecule has 5 heteroatoms. The SMILES string of the molecule is COc1ccc(C(C)(C)C(=O)N2CCNCC2)cc1.Cl. The van der Waals surface area contributed by atoms with Gasteiger partial charge >= 0.3 is 0 Å². The van der Waals surface area contributed by atoms with E-state index in [9.17, 15) is 4.79 Å². The summed E-state index contributed by atoms with van der Waals surface area (Å²) in [4.78, 5) is 14.6. The Morgan fingerprint density at radius 1 is 1.20 bits per heavy atom. The monoisotopic (exact) mass is 298 g/mol. The zero-order valence-electron chi connectivity index (χ0n) is 12.3. The van der Waals surface area contributed by atoms with Crippen LogP contribution in [0.25, 0.3) is 0 Å². The maximum Gasteiger partial charge on any atom is 0.232 e. The molecule has 0 aliphatic carbocycles. The van der Waals surface area contributed by atoms with E-state index in [4.69, 9.17) is 4.74 Å². The number of halogens is 1. The molecule has 0 saturated carbocycles. The number of amides is 1. The minimum absolute atomic E-state index is 0. The van der Waals surface area contributed by atoms with Crippen LogP contribution in [0.3, 0.4) is 0 Å². The van der Waals surface area contributed by atoms with Crippen molar-refractivity contribution in [2.24, 2.45) is 0 Å². The topological polar surface area (TPSA) is 41.6 Å². The molecule has 1 aliphatic rings. The first-order valence-electron chi connectivity index (χ1n) is 6.70. The Bertz CT molecular complexity index is 440. The summed E-state index contributed by atoms with van der Waals surface area (Å²) in [5.41, 5.74) is 0.528. The fraction of sp³-hybridized carbons (Fsp3) is 0.533. The molecule has 1 amide bonds. The van der Waals surface area contributed by atoms with Gasteiger partial charge in [0.2, 0.25) is 5.91 Å². The predicted molar refractivity (Wildman–Crippen MR) is 82.7 cm³/mol. The second-order valence-electron chi connectivity index (χ2n) is 5.40. The van der Waals surface area contributed by atoms with Gasteiger partial charge in [0.15, 0.2) is 0 Å². The van der Waals surface area contributed by atoms with Crippen LogP contribution >= 0.6 is 12.4 Å². The molecule has 0 unspecified atom stereocenters. The number of carbonyl (C=O) groups excluding carboxylic acids is 1. The van der Waals surface area contributed by atoms with E-state index in [1.54, 1.807) is 7.11 Å². The van der Waals surface area contributed by atoms with Gasteiger partial charge in [-0.25, -0.2) is 0 Å². The van der Waals surface area contributed by atoms with Gasteiger partial charge in [-0.3, -0.25) is 4.79 Å². The molecule has 0 spiro atoms. The fourth-order valence-electron chi connectivity index (χ4n) is 2.39. The average molecular weight is 299 g/mol. The Hall–Kier alpha value is -1.26. The third-order valence-electron chi connectivity index (χ3n) is 3.75. The average Bonchev–Trinajstić information content (AvgIpc) is 2.47. The van der Waals surface area contributed by atoms with Crippen molar-refractivity contribution in [2.75, 3.05) is 33.3 Å². The fourth-order valence-corrected chi connectivity index (χ4v) is 2.39. The van der Waals surface area contributed by atoms with Crippen LogP contribution < -0.4 is 10.1 Å². The highest BCUT2D eigenvalue weighted by molar-refractivity contribution is 5.87. The number of benzene rings is 1. The summed E-state index contributed by atoms with van der Waals surface area (Å²) < 4.78 is 5.16. The number of nitrogens with zero attached hydrogens (tertiary/aromatic N) is 1. The number of hydrogen-bond acceptors (Lipinski definition) is 3. The van der Waals surface area contributed by atoms with E-state index in [1.165, 1.54) is 0 Å². The smallest absolute Gasteiger partial charge is 0.232 e. The van der Waals surface area contributed by atoms with Crippen LogP contribution in [0.5, 0.6) is 5.75 Å². The summed E-state index contributed by atoms with van der Waals surface area (Å²) in [5.74, 6) is 1.01. The number of methoxy groups -OCH3 is 1. The van der Waals surface area contributed by atoms with Crippen molar-refractivity contribution in [2.45, 2.75) is 19.3 Å². The van der Waals surface area contributed by atoms with Crippen molar-refractivity contribution in [3.8, 4) is 5.75 Å². The Morgan fingerprint density at radius 3 is 2.25 bits per heavy atom. The van der Waals surface area contributed by atoms with E-state index in [1.807, 2.05) is 43.0 Å². The lowest BCUT2D eigenvalue weighted by atomic mass is 9.83. The summed E-state index contributed by atoms with van der Waals surface area (Å²) >= 11 is 0. The number of nitrogens with one attached hydrogen (secondary N) is 1. The molecule has 1 aromatic rings. The number of piperazine rings is 1. The van der Waals surface area contributed by atoms with E-state index in [-0.39, 0.29) is 18.3 Å². The number of rotatable bonds is 3. The van der Waals surface area contributed by atoms with Crippen LogP contribution in [0.15, 0.2) is 24.3 Å². The van der Waals surface area contributed by atoms with Crippen molar-refractivity contribution < 1.29 is 9.53 Å². The Balaban J connectivity index is 0.00000200. The minimum Gasteiger partial charge on any atom is -0.497 e. The molecular formula is C15H23ClN2O2. The molecular weight excluding hydrogens is 276 g/mol. The molecule has 0 bridgehead atoms. The van der Waals surface area contributed by atoms with Crippen LogP contribution in [0.1, 0.15) is 19.4 Å². The van der Waals surface area contributed by atoms with Crippen LogP contribution in [0.4, 0.5) is 0 Å². The molecule has 0 atom stereocenters. The molecule has 0 aromatic heterocycles. The second-order valence-corrected chi connectivity index (χ2v) is 5.40. The molecule has 20 heavy (non-hydrogen) atoms. The lowest BCUT2D eigenvalue weighted by Crippen LogP contribution is -2.51. The predicted octanol–water partition coefficient (Wildman–Crippen LogP) is 1.83. The van der Waals surface area contributed by atoms with Gasteiger partial charge in [-0.15, -0.1) is 12.4 Å². The number of hydrogen-bond donors (Lipinski definition) is 1. The van der Waals surface area contributed by atoms with Crippen LogP contribution in [-0.4, -0.2) is 44.1 Å². The maximum absolute atomic E-state index is 12.6. The maximum atomic E-state index is 12.6. The summed E-state index contributed by atoms with van der Waals surface area (Å²) in [6, 6.07) is 7.75. The lowest BCUT2D eigenvalue weighted by Gasteiger charge is -2.35. The Kier molecular flexibility index (Phi) is 5.84. The first-order chi connectivity index (χ1) is 9.05. The first kappa shape index (κ1) is 16.8. The number of carbonyl (C=O) groups is 1. The lowest BCUT2D eigenvalue weighted by molar-refractivity contribution is -0.136. The van der Waals surface area contributed by atoms with Gasteiger partial charge in [0.25, 0.3) is 0 Å². The first-order valence-corrected chi connectivity index (χ1v) is 6.70. The summed E-state index contributed by atoms with van der Waals surface area (Å²) in [5, 5.41) is 3.27. The Labute approximate surface area is 126 Å². The van der Waals surface area contributed by atoms with Crippen molar-refractivity contribution in [3.05, 3.63) is 29.8 Å². The molecule has 4 nitrogen and oxygen atoms in total. The molecule has 1 aliphatic heterocycles. The number of ether oxygens (including phenoxy) is 1. The normalized spacial score (nSPS) is 15.4. The quantitative estimate of drug-likeness (QED) is 0.925. The third kappa shape index (κ3) is 3.44. The molecule has 1 saturated heterocycles. The van der Waals surface area contributed by atoms with Gasteiger partial charge in [-0.05, 0) is 31.5 Å². The zero-order valence-corrected chi connectivity index (χ0v) is 13.1. The highest BCUT2D eigenvalue weighted by Crippen LogP contribution is 2.27. The van der Waals surface area contributed by atoms with Gasteiger partial charge in [0, 0.05) is 26.2 Å². The van der Waals surface area contributed by atoms with Crippen LogP contribution in [0.2, 0.25) is 0 Å². The molecule has 1 N–H and O–H groups in total. The molecule has 2 rings (SSSR count). The van der Waals surface area contributed by atoms with Gasteiger partial charge < -0.3 is 15.0 Å². The highest BCUT2D eigenvalue weighted by Gasteiger charge is 2.34. The standard InChI is InChI=1S/C15H22N2O2.ClH/c1-15(2,12-4-6-13(19-3)7-5-12)14(18)17-10-8-16-9-11-17;/h4-7,16H,8-11H2,1-3H3;1H. The highest BCUT2D eigenvalue weighted by atomic mass is 35.5. The summed E-state index contributed by atoms with van der Waals surface area (Å²) in [7, 11) is 1.64. The third-order valence-corrected chi connectivity index (χ3v) is 3.75. The van der Waals surface area contributed by atoms with Crippen molar-refractivity contribution in [1.82, 2.24) is 10.2 Å². The molecule has 1 aromatic carbocycles. The van der Waals surface area contributed by atoms with Crippen molar-refractivity contribution in [1.29, 1.82) is 0 Å². The molecule has 1 heterocycles. The molecule has 1 fully saturated rings. The zero-order chi connectivity index (χ0) is 13.9. The van der Waals surface area contributed by atoms with Gasteiger partial charge in [0.1, 0.15) is 5.75 Å². The summed E-state index contributed by atoms with van der Waals surface area (Å²) in [6.45, 7) is 7.31. The van der Waals surface area contributed by atoms with E-state index >= 15 is 0 Å². The van der Waals surface area contributed by atoms with Crippen molar-refractivity contribution >= 4 is 18.3 Å². The molecule has 112 valence electrons. The van der Waals surface area contributed by atoms with Crippen molar-refractivity contribution in [3.63, 3.8) is 0 Å². The second kappa shape index (κ2) is 6.95. The molecule has 0 radical (unpaired) electrons. The van der Waals surface area contributed by atoms with E-state index in [2.05, 4.69) is 5.32 Å². The van der Waals surface area contributed by atoms with Crippen LogP contribution in [-0.2, 0) is 10.2 Å². The van der Waals surface area contributed by atoms with E-state index < -0.39 is 5.41 Å². The Morgan fingerprint density at radius 2 is 1.75 bits per heavy atom. The van der Waals surface area contributed by atoms with Gasteiger partial charge in [-0.2, -0.15) is 0 Å². The largest absolute Gasteiger partial charge is 0.497 e. The van der Waals surface area contributed by atoms with Gasteiger partial charge in [0.05, 0.1) is 12.5 Å². The summed E-state index contributed by atoms with van der Waals surface area (Å²) in [6.07, 6.45) is 0. The van der Waals surface area contributed by atoms with Gasteiger partial charge in [-0.1, -0.05) is 12.1 Å². The van der Waals surface area contributed by atoms with E-state index in [0.717, 1.165) is 37.5 Å². The minimum atomic E-state index is -0.496. The van der Waals surface area contributed by atoms with Crippen LogP contribution in [0, 0.1) is 0 Å². The van der Waals surface area contributed by atoms with E-state index in [0.29, 0.717) is 0 Å².